The quantitative estimate of drug-likeness (QED) is 0.270. The number of carbonyl (C=O) groups excluding carboxylic acids is 6. The van der Waals surface area contributed by atoms with E-state index in [1.54, 1.807) is 0 Å². The van der Waals surface area contributed by atoms with Crippen LogP contribution >= 0.6 is 0 Å². The van der Waals surface area contributed by atoms with Crippen molar-refractivity contribution in [2.75, 3.05) is 0 Å². The van der Waals surface area contributed by atoms with Gasteiger partial charge in [-0.25, -0.2) is 0 Å². The van der Waals surface area contributed by atoms with Crippen LogP contribution in [-0.4, -0.2) is 65.6 Å². The minimum atomic E-state index is -1.88. The molecule has 4 aliphatic carbocycles. The van der Waals surface area contributed by atoms with Crippen molar-refractivity contribution in [3.8, 4) is 0 Å². The van der Waals surface area contributed by atoms with Gasteiger partial charge in [-0.05, 0) is 30.6 Å². The van der Waals surface area contributed by atoms with Crippen LogP contribution in [0.2, 0.25) is 0 Å². The summed E-state index contributed by atoms with van der Waals surface area (Å²) in [6, 6.07) is 0. The van der Waals surface area contributed by atoms with Gasteiger partial charge in [0.1, 0.15) is 23.7 Å². The fourth-order valence-corrected chi connectivity index (χ4v) is 9.09. The topological polar surface area (TPSA) is 149 Å². The molecule has 9 atom stereocenters. The first kappa shape index (κ1) is 30.7. The lowest BCUT2D eigenvalue weighted by molar-refractivity contribution is -0.299. The van der Waals surface area contributed by atoms with Gasteiger partial charge < -0.3 is 23.7 Å². The number of hydrogen-bond acceptors (Lipinski definition) is 11. The molecule has 0 saturated heterocycles. The molecule has 4 fully saturated rings. The van der Waals surface area contributed by atoms with Gasteiger partial charge in [-0.3, -0.25) is 28.8 Å². The summed E-state index contributed by atoms with van der Waals surface area (Å²) in [5.41, 5.74) is -5.30. The Kier molecular flexibility index (Phi) is 7.45. The van der Waals surface area contributed by atoms with Crippen LogP contribution in [0.4, 0.5) is 0 Å². The summed E-state index contributed by atoms with van der Waals surface area (Å²) in [5.74, 6) is -5.25. The zero-order valence-electron chi connectivity index (χ0n) is 25.0. The fraction of sp³-hybridized carbons (Fsp3) is 0.733. The van der Waals surface area contributed by atoms with Gasteiger partial charge in [0.05, 0.1) is 0 Å². The van der Waals surface area contributed by atoms with E-state index in [0.29, 0.717) is 12.8 Å². The molecular formula is C30H40O11. The number of carbonyl (C=O) groups is 6. The summed E-state index contributed by atoms with van der Waals surface area (Å²) in [6.45, 7) is 16.1. The molecule has 0 aromatic heterocycles. The van der Waals surface area contributed by atoms with E-state index >= 15 is 0 Å². The summed E-state index contributed by atoms with van der Waals surface area (Å²) < 4.78 is 29.5. The lowest BCUT2D eigenvalue weighted by Crippen LogP contribution is -2.76. The molecular weight excluding hydrogens is 536 g/mol. The smallest absolute Gasteiger partial charge is 0.303 e. The molecule has 0 radical (unpaired) electrons. The molecule has 0 aromatic rings. The van der Waals surface area contributed by atoms with Gasteiger partial charge in [-0.15, -0.1) is 0 Å². The maximum Gasteiger partial charge on any atom is 0.303 e. The molecule has 0 unspecified atom stereocenters. The molecule has 4 rings (SSSR count). The Morgan fingerprint density at radius 3 is 1.83 bits per heavy atom. The monoisotopic (exact) mass is 576 g/mol. The van der Waals surface area contributed by atoms with Crippen LogP contribution in [0.3, 0.4) is 0 Å². The zero-order chi connectivity index (χ0) is 30.9. The van der Waals surface area contributed by atoms with E-state index in [-0.39, 0.29) is 29.7 Å². The second-order valence-corrected chi connectivity index (χ2v) is 12.9. The average molecular weight is 577 g/mol. The lowest BCUT2D eigenvalue weighted by atomic mass is 9.38. The summed E-state index contributed by atoms with van der Waals surface area (Å²) in [4.78, 5) is 77.5. The van der Waals surface area contributed by atoms with Crippen molar-refractivity contribution in [2.45, 2.75) is 111 Å². The fourth-order valence-electron chi connectivity index (χ4n) is 9.09. The molecule has 11 nitrogen and oxygen atoms in total. The molecule has 41 heavy (non-hydrogen) atoms. The summed E-state index contributed by atoms with van der Waals surface area (Å²) in [5, 5.41) is 0. The lowest BCUT2D eigenvalue weighted by Gasteiger charge is -2.68. The third-order valence-electron chi connectivity index (χ3n) is 10.1. The van der Waals surface area contributed by atoms with Gasteiger partial charge in [0.2, 0.25) is 0 Å². The normalized spacial score (nSPS) is 40.4. The van der Waals surface area contributed by atoms with Crippen molar-refractivity contribution in [3.63, 3.8) is 0 Å². The van der Waals surface area contributed by atoms with E-state index in [9.17, 15) is 28.8 Å². The van der Waals surface area contributed by atoms with Crippen LogP contribution in [0.15, 0.2) is 12.2 Å². The Balaban J connectivity index is 2.13. The first-order valence-corrected chi connectivity index (χ1v) is 14.0. The van der Waals surface area contributed by atoms with Crippen molar-refractivity contribution < 1.29 is 52.5 Å². The van der Waals surface area contributed by atoms with Gasteiger partial charge in [-0.1, -0.05) is 27.4 Å². The van der Waals surface area contributed by atoms with Gasteiger partial charge in [-0.2, -0.15) is 0 Å². The number of ketones is 1. The largest absolute Gasteiger partial charge is 0.462 e. The molecule has 0 aliphatic heterocycles. The standard InChI is InChI=1S/C30H40O11/c1-14-25(36)30-23(39-17(4)33)12-21-27(7,8)11-10-22(38-16(3)32)28(21,9)24(30)20(37-15(2)31)13-29(14,41-19(6)35)26(30)40-18(5)34/h20-24,26H,1,10-13H2,2-9H3/t20-,21-,22-,23-,24-,26-,28+,29-,30-/m1/s1. The van der Waals surface area contributed by atoms with Gasteiger partial charge >= 0.3 is 29.8 Å². The second-order valence-electron chi connectivity index (χ2n) is 12.9. The Morgan fingerprint density at radius 2 is 1.32 bits per heavy atom. The minimum absolute atomic E-state index is 0.142. The number of fused-ring (bicyclic) bond motifs is 3. The van der Waals surface area contributed by atoms with Gasteiger partial charge in [0.15, 0.2) is 17.5 Å². The average Bonchev–Trinajstić information content (AvgIpc) is 2.91. The van der Waals surface area contributed by atoms with Crippen LogP contribution < -0.4 is 0 Å². The van der Waals surface area contributed by atoms with Crippen molar-refractivity contribution >= 4 is 35.6 Å². The SMILES string of the molecule is C=C1C(=O)[C@@]23[C@H]([C@H](OC(C)=O)C[C@]1(OC(C)=O)[C@H]2OC(C)=O)[C@@]1(C)[C@H](C[C@H]3OC(C)=O)C(C)(C)CC[C@H]1OC(C)=O. The van der Waals surface area contributed by atoms with Crippen LogP contribution in [-0.2, 0) is 52.5 Å². The predicted octanol–water partition coefficient (Wildman–Crippen LogP) is 3.01. The summed E-state index contributed by atoms with van der Waals surface area (Å²) in [6.07, 6.45) is -3.36. The minimum Gasteiger partial charge on any atom is -0.462 e. The van der Waals surface area contributed by atoms with E-state index in [0.717, 1.165) is 13.8 Å². The molecule has 1 spiro atoms. The van der Waals surface area contributed by atoms with Crippen molar-refractivity contribution in [1.29, 1.82) is 0 Å². The Bertz CT molecular complexity index is 1220. The highest BCUT2D eigenvalue weighted by Crippen LogP contribution is 2.74. The molecule has 0 heterocycles. The molecule has 4 aliphatic rings. The number of esters is 5. The van der Waals surface area contributed by atoms with Crippen LogP contribution in [0.5, 0.6) is 0 Å². The molecule has 226 valence electrons. The Labute approximate surface area is 239 Å². The van der Waals surface area contributed by atoms with Crippen molar-refractivity contribution in [3.05, 3.63) is 12.2 Å². The van der Waals surface area contributed by atoms with Gasteiger partial charge in [0, 0.05) is 57.9 Å². The van der Waals surface area contributed by atoms with Crippen LogP contribution in [0, 0.1) is 28.1 Å². The molecule has 2 bridgehead atoms. The van der Waals surface area contributed by atoms with Crippen molar-refractivity contribution in [1.82, 2.24) is 0 Å². The van der Waals surface area contributed by atoms with E-state index < -0.39 is 82.4 Å². The zero-order valence-corrected chi connectivity index (χ0v) is 25.0. The molecule has 0 aromatic carbocycles. The van der Waals surface area contributed by atoms with Crippen LogP contribution in [0.1, 0.15) is 81.1 Å². The first-order chi connectivity index (χ1) is 18.8. The van der Waals surface area contributed by atoms with E-state index in [2.05, 4.69) is 20.4 Å². The highest BCUT2D eigenvalue weighted by Gasteiger charge is 2.85. The second kappa shape index (κ2) is 9.94. The molecule has 11 heteroatoms. The van der Waals surface area contributed by atoms with E-state index in [1.807, 2.05) is 6.92 Å². The number of Topliss-reactive ketones (excluding diaryl/α,β-unsaturated/α-hetero) is 1. The third kappa shape index (κ3) is 4.37. The Hall–Kier alpha value is -3.24. The maximum atomic E-state index is 14.7. The molecule has 0 amide bonds. The Morgan fingerprint density at radius 1 is 0.780 bits per heavy atom. The predicted molar refractivity (Wildman–Crippen MR) is 141 cm³/mol. The maximum absolute atomic E-state index is 14.7. The van der Waals surface area contributed by atoms with Crippen molar-refractivity contribution in [2.24, 2.45) is 28.1 Å². The highest BCUT2D eigenvalue weighted by molar-refractivity contribution is 6.07. The first-order valence-electron chi connectivity index (χ1n) is 14.0. The number of ether oxygens (including phenoxy) is 5. The number of rotatable bonds is 5. The summed E-state index contributed by atoms with van der Waals surface area (Å²) >= 11 is 0. The molecule has 0 N–H and O–H groups in total. The number of hydrogen-bond donors (Lipinski definition) is 0. The highest BCUT2D eigenvalue weighted by atomic mass is 16.6. The van der Waals surface area contributed by atoms with E-state index in [1.165, 1.54) is 20.8 Å². The third-order valence-corrected chi connectivity index (χ3v) is 10.1. The van der Waals surface area contributed by atoms with Crippen LogP contribution in [0.25, 0.3) is 0 Å². The summed E-state index contributed by atoms with van der Waals surface area (Å²) in [7, 11) is 0. The van der Waals surface area contributed by atoms with E-state index in [4.69, 9.17) is 23.7 Å². The molecule has 4 saturated carbocycles. The van der Waals surface area contributed by atoms with Gasteiger partial charge in [0.25, 0.3) is 0 Å².